The third-order valence-corrected chi connectivity index (χ3v) is 4.16. The summed E-state index contributed by atoms with van der Waals surface area (Å²) >= 11 is 4.99. The molecular formula is C13H13BrN2OS. The van der Waals surface area contributed by atoms with Crippen LogP contribution in [0.2, 0.25) is 0 Å². The standard InChI is InChI=1S/C13H13BrN2OS/c1-8-5-10(3-4-12(8)14)16-13(17)6-11-7-18-9(2)15-11/h3-5,7H,6H2,1-2H3,(H,16,17). The van der Waals surface area contributed by atoms with E-state index in [0.717, 1.165) is 26.4 Å². The first-order valence-electron chi connectivity index (χ1n) is 5.51. The Balaban J connectivity index is 2.00. The number of aryl methyl sites for hydroxylation is 2. The van der Waals surface area contributed by atoms with E-state index in [1.807, 2.05) is 37.4 Å². The third kappa shape index (κ3) is 3.40. The first kappa shape index (κ1) is 13.2. The van der Waals surface area contributed by atoms with Crippen LogP contribution in [0, 0.1) is 13.8 Å². The van der Waals surface area contributed by atoms with Crippen LogP contribution >= 0.6 is 27.3 Å². The van der Waals surface area contributed by atoms with Crippen molar-refractivity contribution < 1.29 is 4.79 Å². The van der Waals surface area contributed by atoms with E-state index in [9.17, 15) is 4.79 Å². The quantitative estimate of drug-likeness (QED) is 0.935. The maximum Gasteiger partial charge on any atom is 0.230 e. The van der Waals surface area contributed by atoms with Crippen molar-refractivity contribution in [2.75, 3.05) is 5.32 Å². The molecule has 94 valence electrons. The molecule has 0 fully saturated rings. The van der Waals surface area contributed by atoms with Gasteiger partial charge in [0.25, 0.3) is 0 Å². The molecule has 0 aliphatic rings. The number of anilines is 1. The summed E-state index contributed by atoms with van der Waals surface area (Å²) in [5.74, 6) is -0.0398. The molecule has 0 radical (unpaired) electrons. The van der Waals surface area contributed by atoms with E-state index in [4.69, 9.17) is 0 Å². The van der Waals surface area contributed by atoms with Crippen LogP contribution in [0.1, 0.15) is 16.3 Å². The van der Waals surface area contributed by atoms with Crippen molar-refractivity contribution >= 4 is 38.9 Å². The number of carbonyl (C=O) groups is 1. The second-order valence-electron chi connectivity index (χ2n) is 4.05. The van der Waals surface area contributed by atoms with Gasteiger partial charge in [-0.3, -0.25) is 4.79 Å². The smallest absolute Gasteiger partial charge is 0.230 e. The van der Waals surface area contributed by atoms with Gasteiger partial charge in [0.05, 0.1) is 17.1 Å². The maximum atomic E-state index is 11.8. The van der Waals surface area contributed by atoms with Crippen LogP contribution in [-0.4, -0.2) is 10.9 Å². The Bertz CT molecular complexity index is 580. The molecule has 0 saturated heterocycles. The van der Waals surface area contributed by atoms with E-state index in [0.29, 0.717) is 6.42 Å². The number of nitrogens with one attached hydrogen (secondary N) is 1. The van der Waals surface area contributed by atoms with Crippen LogP contribution in [0.15, 0.2) is 28.1 Å². The van der Waals surface area contributed by atoms with Crippen molar-refractivity contribution in [3.63, 3.8) is 0 Å². The van der Waals surface area contributed by atoms with Crippen LogP contribution in [0.5, 0.6) is 0 Å². The third-order valence-electron chi connectivity index (χ3n) is 2.45. The highest BCUT2D eigenvalue weighted by atomic mass is 79.9. The van der Waals surface area contributed by atoms with E-state index in [-0.39, 0.29) is 5.91 Å². The SMILES string of the molecule is Cc1nc(CC(=O)Nc2ccc(Br)c(C)c2)cs1. The number of hydrogen-bond acceptors (Lipinski definition) is 3. The molecule has 5 heteroatoms. The van der Waals surface area contributed by atoms with Gasteiger partial charge in [0.2, 0.25) is 5.91 Å². The molecule has 2 aromatic rings. The monoisotopic (exact) mass is 324 g/mol. The van der Waals surface area contributed by atoms with Gasteiger partial charge in [-0.15, -0.1) is 11.3 Å². The van der Waals surface area contributed by atoms with Crippen LogP contribution < -0.4 is 5.32 Å². The lowest BCUT2D eigenvalue weighted by molar-refractivity contribution is -0.115. The normalized spacial score (nSPS) is 10.4. The van der Waals surface area contributed by atoms with Gasteiger partial charge in [-0.2, -0.15) is 0 Å². The molecule has 0 bridgehead atoms. The summed E-state index contributed by atoms with van der Waals surface area (Å²) < 4.78 is 1.04. The summed E-state index contributed by atoms with van der Waals surface area (Å²) in [6.07, 6.45) is 0.319. The van der Waals surface area contributed by atoms with E-state index in [1.54, 1.807) is 11.3 Å². The Morgan fingerprint density at radius 3 is 2.83 bits per heavy atom. The summed E-state index contributed by atoms with van der Waals surface area (Å²) in [6.45, 7) is 3.92. The van der Waals surface area contributed by atoms with Crippen molar-refractivity contribution in [3.05, 3.63) is 44.3 Å². The van der Waals surface area contributed by atoms with Gasteiger partial charge >= 0.3 is 0 Å². The number of benzene rings is 1. The minimum Gasteiger partial charge on any atom is -0.326 e. The Kier molecular flexibility index (Phi) is 4.14. The summed E-state index contributed by atoms with van der Waals surface area (Å²) in [5, 5.41) is 5.77. The van der Waals surface area contributed by atoms with Gasteiger partial charge in [-0.1, -0.05) is 15.9 Å². The summed E-state index contributed by atoms with van der Waals surface area (Å²) in [5.41, 5.74) is 2.73. The maximum absolute atomic E-state index is 11.8. The second-order valence-corrected chi connectivity index (χ2v) is 5.96. The van der Waals surface area contributed by atoms with Gasteiger partial charge in [-0.25, -0.2) is 4.98 Å². The molecule has 0 unspecified atom stereocenters. The molecule has 2 rings (SSSR count). The fraction of sp³-hybridized carbons (Fsp3) is 0.231. The number of amides is 1. The predicted molar refractivity (Wildman–Crippen MR) is 78.1 cm³/mol. The lowest BCUT2D eigenvalue weighted by Gasteiger charge is -2.06. The predicted octanol–water partition coefficient (Wildman–Crippen LogP) is 3.70. The van der Waals surface area contributed by atoms with Crippen LogP contribution in [0.4, 0.5) is 5.69 Å². The van der Waals surface area contributed by atoms with Gasteiger partial charge in [0.15, 0.2) is 0 Å². The fourth-order valence-corrected chi connectivity index (χ4v) is 2.44. The van der Waals surface area contributed by atoms with Crippen molar-refractivity contribution in [1.82, 2.24) is 4.98 Å². The minimum absolute atomic E-state index is 0.0398. The molecule has 0 aliphatic carbocycles. The average molecular weight is 325 g/mol. The molecule has 18 heavy (non-hydrogen) atoms. The molecule has 1 aromatic heterocycles. The molecule has 0 atom stereocenters. The number of halogens is 1. The number of rotatable bonds is 3. The molecule has 1 N–H and O–H groups in total. The van der Waals surface area contributed by atoms with Crippen molar-refractivity contribution in [2.45, 2.75) is 20.3 Å². The molecule has 0 saturated carbocycles. The number of carbonyl (C=O) groups excluding carboxylic acids is 1. The number of thiazole rings is 1. The fourth-order valence-electron chi connectivity index (χ4n) is 1.58. The van der Waals surface area contributed by atoms with E-state index >= 15 is 0 Å². The van der Waals surface area contributed by atoms with Gasteiger partial charge < -0.3 is 5.32 Å². The highest BCUT2D eigenvalue weighted by Crippen LogP contribution is 2.20. The summed E-state index contributed by atoms with van der Waals surface area (Å²) in [6, 6.07) is 5.74. The van der Waals surface area contributed by atoms with E-state index in [1.165, 1.54) is 0 Å². The molecule has 1 amide bonds. The summed E-state index contributed by atoms with van der Waals surface area (Å²) in [4.78, 5) is 16.1. The summed E-state index contributed by atoms with van der Waals surface area (Å²) in [7, 11) is 0. The van der Waals surface area contributed by atoms with Crippen LogP contribution in [-0.2, 0) is 11.2 Å². The largest absolute Gasteiger partial charge is 0.326 e. The zero-order valence-electron chi connectivity index (χ0n) is 10.2. The van der Waals surface area contributed by atoms with E-state index in [2.05, 4.69) is 26.2 Å². The van der Waals surface area contributed by atoms with Gasteiger partial charge in [-0.05, 0) is 37.6 Å². The first-order valence-corrected chi connectivity index (χ1v) is 7.19. The molecular weight excluding hydrogens is 312 g/mol. The lowest BCUT2D eigenvalue weighted by atomic mass is 10.2. The first-order chi connectivity index (χ1) is 8.54. The van der Waals surface area contributed by atoms with Crippen molar-refractivity contribution in [2.24, 2.45) is 0 Å². The highest BCUT2D eigenvalue weighted by molar-refractivity contribution is 9.10. The Morgan fingerprint density at radius 1 is 1.44 bits per heavy atom. The second kappa shape index (κ2) is 5.63. The minimum atomic E-state index is -0.0398. The zero-order chi connectivity index (χ0) is 13.1. The molecule has 0 spiro atoms. The number of aromatic nitrogens is 1. The molecule has 0 aliphatic heterocycles. The average Bonchev–Trinajstić information content (AvgIpc) is 2.69. The highest BCUT2D eigenvalue weighted by Gasteiger charge is 2.07. The van der Waals surface area contributed by atoms with Crippen molar-refractivity contribution in [3.8, 4) is 0 Å². The van der Waals surface area contributed by atoms with Gasteiger partial charge in [0, 0.05) is 15.5 Å². The zero-order valence-corrected chi connectivity index (χ0v) is 12.6. The molecule has 1 heterocycles. The molecule has 1 aromatic carbocycles. The van der Waals surface area contributed by atoms with Crippen LogP contribution in [0.25, 0.3) is 0 Å². The molecule has 3 nitrogen and oxygen atoms in total. The van der Waals surface area contributed by atoms with Crippen LogP contribution in [0.3, 0.4) is 0 Å². The van der Waals surface area contributed by atoms with Gasteiger partial charge in [0.1, 0.15) is 0 Å². The Labute approximate surface area is 118 Å². The Hall–Kier alpha value is -1.20. The number of nitrogens with zero attached hydrogens (tertiary/aromatic N) is 1. The lowest BCUT2D eigenvalue weighted by Crippen LogP contribution is -2.14. The van der Waals surface area contributed by atoms with E-state index < -0.39 is 0 Å². The number of hydrogen-bond donors (Lipinski definition) is 1. The van der Waals surface area contributed by atoms with Crippen molar-refractivity contribution in [1.29, 1.82) is 0 Å². The Morgan fingerprint density at radius 2 is 2.22 bits per heavy atom. The topological polar surface area (TPSA) is 42.0 Å².